The maximum Gasteiger partial charge on any atom is 0.261 e. The van der Waals surface area contributed by atoms with Gasteiger partial charge in [0.15, 0.2) is 5.75 Å². The van der Waals surface area contributed by atoms with Crippen molar-refractivity contribution in [2.75, 3.05) is 5.73 Å². The molecule has 0 amide bonds. The molecule has 0 aliphatic heterocycles. The van der Waals surface area contributed by atoms with Gasteiger partial charge < -0.3 is 15.0 Å². The number of fused-ring (bicyclic) bond motifs is 1. The normalized spacial score (nSPS) is 10.5. The summed E-state index contributed by atoms with van der Waals surface area (Å²) >= 11 is 6.09. The zero-order valence-corrected chi connectivity index (χ0v) is 12.8. The fraction of sp³-hybridized carbons (Fsp3) is 0.0625. The van der Waals surface area contributed by atoms with Crippen molar-refractivity contribution in [2.24, 2.45) is 7.05 Å². The van der Waals surface area contributed by atoms with E-state index < -0.39 is 0 Å². The fourth-order valence-electron chi connectivity index (χ4n) is 2.16. The van der Waals surface area contributed by atoms with E-state index in [1.54, 1.807) is 31.3 Å². The molecule has 3 rings (SSSR count). The van der Waals surface area contributed by atoms with E-state index in [4.69, 9.17) is 22.1 Å². The van der Waals surface area contributed by atoms with Crippen molar-refractivity contribution in [3.8, 4) is 17.6 Å². The molecule has 2 aromatic carbocycles. The summed E-state index contributed by atoms with van der Waals surface area (Å²) in [5.41, 5.74) is 6.54. The Kier molecular flexibility index (Phi) is 3.64. The van der Waals surface area contributed by atoms with Gasteiger partial charge in [-0.05, 0) is 30.3 Å². The number of nitriles is 1. The zero-order valence-electron chi connectivity index (χ0n) is 12.1. The lowest BCUT2D eigenvalue weighted by Crippen LogP contribution is -2.16. The number of aromatic nitrogens is 2. The lowest BCUT2D eigenvalue weighted by atomic mass is 10.1. The van der Waals surface area contributed by atoms with E-state index in [0.717, 1.165) is 0 Å². The second-order valence-corrected chi connectivity index (χ2v) is 5.30. The summed E-state index contributed by atoms with van der Waals surface area (Å²) in [5, 5.41) is 9.89. The summed E-state index contributed by atoms with van der Waals surface area (Å²) in [6.45, 7) is 0. The average Bonchev–Trinajstić information content (AvgIpc) is 2.55. The van der Waals surface area contributed by atoms with E-state index >= 15 is 0 Å². The first-order chi connectivity index (χ1) is 11.0. The number of aryl methyl sites for hydroxylation is 1. The van der Waals surface area contributed by atoms with Crippen molar-refractivity contribution in [2.45, 2.75) is 0 Å². The Labute approximate surface area is 136 Å². The van der Waals surface area contributed by atoms with Gasteiger partial charge in [-0.1, -0.05) is 11.6 Å². The number of hydrogen-bond acceptors (Lipinski definition) is 5. The lowest BCUT2D eigenvalue weighted by Gasteiger charge is -2.11. The maximum absolute atomic E-state index is 12.1. The Hall–Kier alpha value is -3.04. The van der Waals surface area contributed by atoms with Crippen molar-refractivity contribution in [3.63, 3.8) is 0 Å². The molecule has 0 aliphatic rings. The van der Waals surface area contributed by atoms with Gasteiger partial charge in [-0.3, -0.25) is 4.79 Å². The molecule has 1 aromatic heterocycles. The summed E-state index contributed by atoms with van der Waals surface area (Å²) in [7, 11) is 1.62. The molecule has 0 atom stereocenters. The molecule has 0 spiro atoms. The standard InChI is InChI=1S/C16H11ClN4O2/c1-21-8-20-14-5-2-9(6-10(14)16(21)22)23-15-11(7-18)13(19)4-3-12(15)17/h2-6,8H,19H2,1H3. The number of rotatable bonds is 2. The van der Waals surface area contributed by atoms with Crippen LogP contribution < -0.4 is 16.0 Å². The number of anilines is 1. The van der Waals surface area contributed by atoms with Gasteiger partial charge >= 0.3 is 0 Å². The third-order valence-corrected chi connectivity index (χ3v) is 3.66. The van der Waals surface area contributed by atoms with Gasteiger partial charge in [0.05, 0.1) is 27.9 Å². The molecule has 0 fully saturated rings. The number of hydrogen-bond donors (Lipinski definition) is 1. The summed E-state index contributed by atoms with van der Waals surface area (Å²) in [4.78, 5) is 16.3. The van der Waals surface area contributed by atoms with Crippen molar-refractivity contribution in [3.05, 3.63) is 57.6 Å². The predicted molar refractivity (Wildman–Crippen MR) is 87.6 cm³/mol. The number of benzene rings is 2. The van der Waals surface area contributed by atoms with Crippen LogP contribution in [0.1, 0.15) is 5.56 Å². The van der Waals surface area contributed by atoms with Crippen LogP contribution in [0.15, 0.2) is 41.5 Å². The highest BCUT2D eigenvalue weighted by Crippen LogP contribution is 2.36. The molecule has 0 saturated heterocycles. The molecule has 0 bridgehead atoms. The molecule has 2 N–H and O–H groups in total. The number of nitrogen functional groups attached to an aromatic ring is 1. The van der Waals surface area contributed by atoms with Crippen LogP contribution in [-0.4, -0.2) is 9.55 Å². The maximum atomic E-state index is 12.1. The third kappa shape index (κ3) is 2.58. The van der Waals surface area contributed by atoms with Crippen LogP contribution in [0.4, 0.5) is 5.69 Å². The van der Waals surface area contributed by atoms with Gasteiger partial charge in [-0.25, -0.2) is 4.98 Å². The van der Waals surface area contributed by atoms with E-state index in [1.165, 1.54) is 17.0 Å². The van der Waals surface area contributed by atoms with Crippen molar-refractivity contribution in [1.29, 1.82) is 5.26 Å². The van der Waals surface area contributed by atoms with E-state index in [0.29, 0.717) is 16.7 Å². The Bertz CT molecular complexity index is 1020. The van der Waals surface area contributed by atoms with Gasteiger partial charge in [0.1, 0.15) is 17.4 Å². The summed E-state index contributed by atoms with van der Waals surface area (Å²) < 4.78 is 7.08. The van der Waals surface area contributed by atoms with Gasteiger partial charge in [0.25, 0.3) is 5.56 Å². The van der Waals surface area contributed by atoms with E-state index in [2.05, 4.69) is 4.98 Å². The Morgan fingerprint density at radius 2 is 2.13 bits per heavy atom. The molecule has 1 heterocycles. The highest BCUT2D eigenvalue weighted by atomic mass is 35.5. The van der Waals surface area contributed by atoms with Crippen LogP contribution in [0.25, 0.3) is 10.9 Å². The topological polar surface area (TPSA) is 93.9 Å². The minimum Gasteiger partial charge on any atom is -0.454 e. The van der Waals surface area contributed by atoms with Gasteiger partial charge in [-0.2, -0.15) is 5.26 Å². The first kappa shape index (κ1) is 14.9. The van der Waals surface area contributed by atoms with Gasteiger partial charge in [0, 0.05) is 7.05 Å². The molecule has 0 unspecified atom stereocenters. The third-order valence-electron chi connectivity index (χ3n) is 3.36. The second kappa shape index (κ2) is 5.63. The largest absolute Gasteiger partial charge is 0.454 e. The average molecular weight is 327 g/mol. The molecule has 6 nitrogen and oxygen atoms in total. The summed E-state index contributed by atoms with van der Waals surface area (Å²) in [5.74, 6) is 0.529. The van der Waals surface area contributed by atoms with Crippen LogP contribution in [-0.2, 0) is 7.05 Å². The predicted octanol–water partition coefficient (Wildman–Crippen LogP) is 2.83. The van der Waals surface area contributed by atoms with Gasteiger partial charge in [-0.15, -0.1) is 0 Å². The van der Waals surface area contributed by atoms with Crippen LogP contribution in [0, 0.1) is 11.3 Å². The van der Waals surface area contributed by atoms with Crippen LogP contribution in [0.5, 0.6) is 11.5 Å². The highest BCUT2D eigenvalue weighted by molar-refractivity contribution is 6.32. The molecular weight excluding hydrogens is 316 g/mol. The SMILES string of the molecule is Cn1cnc2ccc(Oc3c(Cl)ccc(N)c3C#N)cc2c1=O. The van der Waals surface area contributed by atoms with Gasteiger partial charge in [0.2, 0.25) is 0 Å². The van der Waals surface area contributed by atoms with Crippen molar-refractivity contribution >= 4 is 28.2 Å². The Morgan fingerprint density at radius 1 is 1.35 bits per heavy atom. The number of nitrogens with two attached hydrogens (primary N) is 1. The molecule has 7 heteroatoms. The van der Waals surface area contributed by atoms with Crippen LogP contribution in [0.3, 0.4) is 0 Å². The molecule has 0 saturated carbocycles. The highest BCUT2D eigenvalue weighted by Gasteiger charge is 2.14. The number of nitrogens with zero attached hydrogens (tertiary/aromatic N) is 3. The number of ether oxygens (including phenoxy) is 1. The van der Waals surface area contributed by atoms with Crippen molar-refractivity contribution < 1.29 is 4.74 Å². The molecule has 23 heavy (non-hydrogen) atoms. The Balaban J connectivity index is 2.14. The molecule has 0 aliphatic carbocycles. The smallest absolute Gasteiger partial charge is 0.261 e. The monoisotopic (exact) mass is 326 g/mol. The zero-order chi connectivity index (χ0) is 16.6. The number of halogens is 1. The van der Waals surface area contributed by atoms with Crippen LogP contribution >= 0.6 is 11.6 Å². The van der Waals surface area contributed by atoms with Crippen LogP contribution in [0.2, 0.25) is 5.02 Å². The first-order valence-corrected chi connectivity index (χ1v) is 7.00. The first-order valence-electron chi connectivity index (χ1n) is 6.62. The summed E-state index contributed by atoms with van der Waals surface area (Å²) in [6.07, 6.45) is 1.45. The van der Waals surface area contributed by atoms with E-state index in [1.807, 2.05) is 6.07 Å². The molecule has 3 aromatic rings. The minimum atomic E-state index is -0.195. The minimum absolute atomic E-state index is 0.150. The van der Waals surface area contributed by atoms with E-state index in [9.17, 15) is 10.1 Å². The van der Waals surface area contributed by atoms with E-state index in [-0.39, 0.29) is 27.6 Å². The molecule has 114 valence electrons. The molecular formula is C16H11ClN4O2. The van der Waals surface area contributed by atoms with Crippen molar-refractivity contribution in [1.82, 2.24) is 9.55 Å². The fourth-order valence-corrected chi connectivity index (χ4v) is 2.36. The molecule has 0 radical (unpaired) electrons. The second-order valence-electron chi connectivity index (χ2n) is 4.89. The Morgan fingerprint density at radius 3 is 2.87 bits per heavy atom. The summed E-state index contributed by atoms with van der Waals surface area (Å²) in [6, 6.07) is 9.93. The lowest BCUT2D eigenvalue weighted by molar-refractivity contribution is 0.482. The quantitative estimate of drug-likeness (QED) is 0.731.